The summed E-state index contributed by atoms with van der Waals surface area (Å²) in [6.45, 7) is 0.320. The molecule has 0 aliphatic carbocycles. The van der Waals surface area contributed by atoms with E-state index < -0.39 is 12.6 Å². The van der Waals surface area contributed by atoms with Crippen molar-refractivity contribution in [3.8, 4) is 0 Å². The topological polar surface area (TPSA) is 74.2 Å². The highest BCUT2D eigenvalue weighted by Gasteiger charge is 2.27. The van der Waals surface area contributed by atoms with Gasteiger partial charge in [-0.3, -0.25) is 0 Å². The molecule has 0 amide bonds. The number of aromatic nitrogens is 2. The lowest BCUT2D eigenvalue weighted by Gasteiger charge is -2.05. The van der Waals surface area contributed by atoms with Gasteiger partial charge in [-0.05, 0) is 0 Å². The molecule has 1 unspecified atom stereocenters. The molecule has 0 saturated carbocycles. The van der Waals surface area contributed by atoms with Crippen molar-refractivity contribution >= 4 is 0 Å². The largest absolute Gasteiger partial charge is 0.389 e. The third-order valence-corrected chi connectivity index (χ3v) is 1.96. The lowest BCUT2D eigenvalue weighted by molar-refractivity contribution is -0.134. The Kier molecular flexibility index (Phi) is 4.88. The van der Waals surface area contributed by atoms with Gasteiger partial charge in [-0.15, -0.1) is 0 Å². The fraction of sp³-hybridized carbons (Fsp3) is 0.778. The Morgan fingerprint density at radius 1 is 1.47 bits per heavy atom. The molecule has 1 atom stereocenters. The van der Waals surface area contributed by atoms with E-state index in [1.807, 2.05) is 0 Å². The van der Waals surface area contributed by atoms with Gasteiger partial charge in [0, 0.05) is 26.0 Å². The fourth-order valence-corrected chi connectivity index (χ4v) is 1.23. The molecular formula is C9H14F3N3O2. The third kappa shape index (κ3) is 5.64. The van der Waals surface area contributed by atoms with Gasteiger partial charge in [-0.1, -0.05) is 5.16 Å². The van der Waals surface area contributed by atoms with E-state index in [9.17, 15) is 13.2 Å². The fourth-order valence-electron chi connectivity index (χ4n) is 1.23. The van der Waals surface area contributed by atoms with Crippen LogP contribution in [0.3, 0.4) is 0 Å². The van der Waals surface area contributed by atoms with Crippen LogP contribution in [-0.4, -0.2) is 36.1 Å². The van der Waals surface area contributed by atoms with Crippen LogP contribution >= 0.6 is 0 Å². The Morgan fingerprint density at radius 2 is 2.18 bits per heavy atom. The molecule has 5 nitrogen and oxygen atoms in total. The van der Waals surface area contributed by atoms with E-state index >= 15 is 0 Å². The molecule has 0 aliphatic rings. The SMILES string of the molecule is COCC(N)Cc1nc(CCC(F)(F)F)no1. The van der Waals surface area contributed by atoms with Crippen molar-refractivity contribution in [1.29, 1.82) is 0 Å². The lowest BCUT2D eigenvalue weighted by Crippen LogP contribution is -2.28. The molecule has 0 radical (unpaired) electrons. The highest BCUT2D eigenvalue weighted by Crippen LogP contribution is 2.21. The monoisotopic (exact) mass is 253 g/mol. The molecule has 1 aromatic heterocycles. The molecule has 2 N–H and O–H groups in total. The summed E-state index contributed by atoms with van der Waals surface area (Å²) in [7, 11) is 1.50. The maximum Gasteiger partial charge on any atom is 0.389 e. The highest BCUT2D eigenvalue weighted by atomic mass is 19.4. The Labute approximate surface area is 96.1 Å². The number of ether oxygens (including phenoxy) is 1. The summed E-state index contributed by atoms with van der Waals surface area (Å²) >= 11 is 0. The second kappa shape index (κ2) is 5.97. The van der Waals surface area contributed by atoms with Crippen LogP contribution in [0.1, 0.15) is 18.1 Å². The van der Waals surface area contributed by atoms with Crippen molar-refractivity contribution in [3.05, 3.63) is 11.7 Å². The standard InChI is InChI=1S/C9H14F3N3O2/c1-16-5-6(13)4-8-14-7(15-17-8)2-3-9(10,11)12/h6H,2-5,13H2,1H3. The molecule has 0 aliphatic heterocycles. The normalized spacial score (nSPS) is 13.9. The molecule has 98 valence electrons. The Morgan fingerprint density at radius 3 is 2.76 bits per heavy atom. The minimum atomic E-state index is -4.22. The molecule has 1 heterocycles. The number of hydrogen-bond acceptors (Lipinski definition) is 5. The summed E-state index contributed by atoms with van der Waals surface area (Å²) in [5.41, 5.74) is 5.64. The van der Waals surface area contributed by atoms with Crippen LogP contribution in [0.2, 0.25) is 0 Å². The number of halogens is 3. The van der Waals surface area contributed by atoms with Gasteiger partial charge in [0.2, 0.25) is 5.89 Å². The van der Waals surface area contributed by atoms with E-state index in [0.29, 0.717) is 6.61 Å². The number of methoxy groups -OCH3 is 1. The average Bonchev–Trinajstić information content (AvgIpc) is 2.62. The summed E-state index contributed by atoms with van der Waals surface area (Å²) in [5.74, 6) is 0.272. The van der Waals surface area contributed by atoms with Crippen molar-refractivity contribution in [2.45, 2.75) is 31.5 Å². The van der Waals surface area contributed by atoms with Crippen LogP contribution < -0.4 is 5.73 Å². The van der Waals surface area contributed by atoms with Crippen LogP contribution in [0.15, 0.2) is 4.52 Å². The van der Waals surface area contributed by atoms with E-state index in [0.717, 1.165) is 0 Å². The van der Waals surface area contributed by atoms with Gasteiger partial charge in [-0.2, -0.15) is 18.2 Å². The second-order valence-electron chi connectivity index (χ2n) is 3.64. The summed E-state index contributed by atoms with van der Waals surface area (Å²) in [6, 6.07) is -0.309. The van der Waals surface area contributed by atoms with Gasteiger partial charge < -0.3 is 15.0 Å². The number of hydrogen-bond donors (Lipinski definition) is 1. The van der Waals surface area contributed by atoms with Gasteiger partial charge >= 0.3 is 6.18 Å². The minimum absolute atomic E-state index is 0.0435. The van der Waals surface area contributed by atoms with Crippen LogP contribution in [0.5, 0.6) is 0 Å². The van der Waals surface area contributed by atoms with Crippen molar-refractivity contribution in [1.82, 2.24) is 10.1 Å². The first-order chi connectivity index (χ1) is 7.90. The smallest absolute Gasteiger partial charge is 0.383 e. The van der Waals surface area contributed by atoms with Crippen LogP contribution in [0.4, 0.5) is 13.2 Å². The highest BCUT2D eigenvalue weighted by molar-refractivity contribution is 4.89. The number of aryl methyl sites for hydroxylation is 1. The van der Waals surface area contributed by atoms with E-state index in [1.165, 1.54) is 7.11 Å². The molecule has 0 fully saturated rings. The Hall–Kier alpha value is -1.15. The number of alkyl halides is 3. The van der Waals surface area contributed by atoms with Crippen LogP contribution in [0.25, 0.3) is 0 Å². The molecule has 17 heavy (non-hydrogen) atoms. The first kappa shape index (κ1) is 13.9. The van der Waals surface area contributed by atoms with E-state index in [1.54, 1.807) is 0 Å². The molecule has 0 aromatic carbocycles. The number of rotatable bonds is 6. The van der Waals surface area contributed by atoms with Gasteiger partial charge in [0.15, 0.2) is 5.82 Å². The molecule has 1 rings (SSSR count). The van der Waals surface area contributed by atoms with Crippen molar-refractivity contribution in [3.63, 3.8) is 0 Å². The van der Waals surface area contributed by atoms with Crippen molar-refractivity contribution < 1.29 is 22.4 Å². The lowest BCUT2D eigenvalue weighted by atomic mass is 10.2. The summed E-state index contributed by atoms with van der Waals surface area (Å²) < 4.78 is 45.4. The van der Waals surface area contributed by atoms with E-state index in [4.69, 9.17) is 15.0 Å². The average molecular weight is 253 g/mol. The van der Waals surface area contributed by atoms with Gasteiger partial charge in [0.1, 0.15) is 0 Å². The second-order valence-corrected chi connectivity index (χ2v) is 3.64. The molecule has 0 saturated heterocycles. The minimum Gasteiger partial charge on any atom is -0.383 e. The molecule has 0 spiro atoms. The van der Waals surface area contributed by atoms with E-state index in [2.05, 4.69) is 10.1 Å². The van der Waals surface area contributed by atoms with Crippen LogP contribution in [0, 0.1) is 0 Å². The maximum atomic E-state index is 11.9. The quantitative estimate of drug-likeness (QED) is 0.821. The zero-order valence-corrected chi connectivity index (χ0v) is 9.33. The number of nitrogens with two attached hydrogens (primary N) is 1. The van der Waals surface area contributed by atoms with Gasteiger partial charge in [-0.25, -0.2) is 0 Å². The molecular weight excluding hydrogens is 239 g/mol. The summed E-state index contributed by atoms with van der Waals surface area (Å²) in [4.78, 5) is 3.82. The van der Waals surface area contributed by atoms with Crippen LogP contribution in [-0.2, 0) is 17.6 Å². The maximum absolute atomic E-state index is 11.9. The van der Waals surface area contributed by atoms with Crippen molar-refractivity contribution in [2.24, 2.45) is 5.73 Å². The summed E-state index contributed by atoms with van der Waals surface area (Å²) in [6.07, 6.45) is -5.18. The first-order valence-electron chi connectivity index (χ1n) is 5.03. The summed E-state index contributed by atoms with van der Waals surface area (Å²) in [5, 5.41) is 3.45. The Bertz CT molecular complexity index is 340. The zero-order chi connectivity index (χ0) is 12.9. The van der Waals surface area contributed by atoms with Crippen molar-refractivity contribution in [2.75, 3.05) is 13.7 Å². The predicted octanol–water partition coefficient (Wildman–Crippen LogP) is 1.08. The predicted molar refractivity (Wildman–Crippen MR) is 52.2 cm³/mol. The van der Waals surface area contributed by atoms with Gasteiger partial charge in [0.05, 0.1) is 13.0 Å². The van der Waals surface area contributed by atoms with Gasteiger partial charge in [0.25, 0.3) is 0 Å². The number of nitrogens with zero attached hydrogens (tertiary/aromatic N) is 2. The first-order valence-corrected chi connectivity index (χ1v) is 5.03. The third-order valence-electron chi connectivity index (χ3n) is 1.96. The Balaban J connectivity index is 2.42. The molecule has 0 bridgehead atoms. The molecule has 8 heteroatoms. The molecule has 1 aromatic rings. The zero-order valence-electron chi connectivity index (χ0n) is 9.33. The van der Waals surface area contributed by atoms with E-state index in [-0.39, 0.29) is 30.6 Å².